The number of hydrogen-bond acceptors (Lipinski definition) is 5. The number of nitro benzene ring substituents is 1. The summed E-state index contributed by atoms with van der Waals surface area (Å²) in [5, 5.41) is 17.2. The number of nitro groups is 1. The van der Waals surface area contributed by atoms with Crippen molar-refractivity contribution in [3.63, 3.8) is 0 Å². The molecule has 0 aromatic heterocycles. The lowest BCUT2D eigenvalue weighted by Gasteiger charge is -2.31. The molecule has 0 saturated heterocycles. The summed E-state index contributed by atoms with van der Waals surface area (Å²) in [5.41, 5.74) is 1.60. The first-order chi connectivity index (χ1) is 11.7. The van der Waals surface area contributed by atoms with Crippen molar-refractivity contribution in [2.75, 3.05) is 11.4 Å². The van der Waals surface area contributed by atoms with Crippen LogP contribution in [-0.4, -0.2) is 19.9 Å². The Morgan fingerprint density at radius 3 is 2.60 bits per heavy atom. The lowest BCUT2D eigenvalue weighted by molar-refractivity contribution is -0.387. The molecule has 0 spiro atoms. The summed E-state index contributed by atoms with van der Waals surface area (Å²) in [6.07, 6.45) is 0.618. The van der Waals surface area contributed by atoms with E-state index in [2.05, 4.69) is 15.9 Å². The molecule has 0 unspecified atom stereocenters. The van der Waals surface area contributed by atoms with Gasteiger partial charge in [0.05, 0.1) is 4.92 Å². The maximum absolute atomic E-state index is 11.7. The van der Waals surface area contributed by atoms with Crippen molar-refractivity contribution in [3.05, 3.63) is 61.1 Å². The van der Waals surface area contributed by atoms with Crippen LogP contribution in [0.15, 0.2) is 39.7 Å². The summed E-state index contributed by atoms with van der Waals surface area (Å²) in [7, 11) is -4.22. The smallest absolute Gasteiger partial charge is 0.312 e. The van der Waals surface area contributed by atoms with Crippen molar-refractivity contribution in [1.29, 1.82) is 0 Å². The molecule has 2 aromatic rings. The Morgan fingerprint density at radius 1 is 1.24 bits per heavy atom. The van der Waals surface area contributed by atoms with Crippen LogP contribution in [-0.2, 0) is 23.0 Å². The van der Waals surface area contributed by atoms with Gasteiger partial charge in [-0.25, -0.2) is 13.6 Å². The fourth-order valence-electron chi connectivity index (χ4n) is 2.98. The monoisotopic (exact) mass is 445 g/mol. The number of halogens is 2. The first-order valence-electron chi connectivity index (χ1n) is 7.21. The zero-order chi connectivity index (χ0) is 18.4. The Bertz CT molecular complexity index is 981. The molecule has 0 atom stereocenters. The van der Waals surface area contributed by atoms with Gasteiger partial charge in [0.25, 0.3) is 0 Å². The van der Waals surface area contributed by atoms with Crippen LogP contribution in [0.3, 0.4) is 0 Å². The van der Waals surface area contributed by atoms with Crippen molar-refractivity contribution in [2.24, 2.45) is 5.14 Å². The molecule has 132 valence electrons. The Kier molecular flexibility index (Phi) is 4.76. The summed E-state index contributed by atoms with van der Waals surface area (Å²) in [4.78, 5) is 12.1. The van der Waals surface area contributed by atoms with Crippen LogP contribution in [0.4, 0.5) is 11.4 Å². The molecule has 0 saturated carbocycles. The molecule has 3 rings (SSSR count). The average molecular weight is 447 g/mol. The molecule has 0 aliphatic carbocycles. The molecule has 2 N–H and O–H groups in total. The molecule has 25 heavy (non-hydrogen) atoms. The second kappa shape index (κ2) is 6.56. The molecular formula is C15H13BrClN3O4S. The van der Waals surface area contributed by atoms with Crippen LogP contribution in [0, 0.1) is 10.1 Å². The molecule has 1 heterocycles. The fourth-order valence-corrected chi connectivity index (χ4v) is 4.50. The largest absolute Gasteiger partial charge is 0.361 e. The summed E-state index contributed by atoms with van der Waals surface area (Å²) in [6.45, 7) is 0.823. The highest BCUT2D eigenvalue weighted by Crippen LogP contribution is 2.39. The van der Waals surface area contributed by atoms with E-state index in [0.29, 0.717) is 24.5 Å². The first-order valence-corrected chi connectivity index (χ1v) is 9.93. The topological polar surface area (TPSA) is 107 Å². The molecule has 2 aromatic carbocycles. The minimum absolute atomic E-state index is 0.207. The van der Waals surface area contributed by atoms with E-state index < -0.39 is 25.5 Å². The SMILES string of the molecule is NS(=O)(=O)c1cccc(N2CCc3c(Br)ccc(Cl)c3C2)c1[N+](=O)[O-]. The zero-order valence-corrected chi connectivity index (χ0v) is 15.9. The van der Waals surface area contributed by atoms with E-state index in [0.717, 1.165) is 21.7 Å². The first kappa shape index (κ1) is 18.1. The number of hydrogen-bond donors (Lipinski definition) is 1. The maximum atomic E-state index is 11.7. The van der Waals surface area contributed by atoms with Crippen molar-refractivity contribution in [2.45, 2.75) is 17.9 Å². The predicted molar refractivity (Wildman–Crippen MR) is 98.4 cm³/mol. The summed E-state index contributed by atoms with van der Waals surface area (Å²) in [5.74, 6) is 0. The van der Waals surface area contributed by atoms with Gasteiger partial charge >= 0.3 is 5.69 Å². The average Bonchev–Trinajstić information content (AvgIpc) is 2.56. The maximum Gasteiger partial charge on any atom is 0.312 e. The van der Waals surface area contributed by atoms with Crippen molar-refractivity contribution >= 4 is 48.9 Å². The van der Waals surface area contributed by atoms with Gasteiger partial charge in [-0.1, -0.05) is 33.6 Å². The van der Waals surface area contributed by atoms with E-state index in [1.165, 1.54) is 12.1 Å². The molecular weight excluding hydrogens is 434 g/mol. The van der Waals surface area contributed by atoms with Crippen LogP contribution < -0.4 is 10.0 Å². The van der Waals surface area contributed by atoms with Gasteiger partial charge in [-0.3, -0.25) is 10.1 Å². The third-order valence-corrected chi connectivity index (χ3v) is 6.14. The normalized spacial score (nSPS) is 14.3. The summed E-state index contributed by atoms with van der Waals surface area (Å²) >= 11 is 9.76. The van der Waals surface area contributed by atoms with Crippen LogP contribution in [0.1, 0.15) is 11.1 Å². The fraction of sp³-hybridized carbons (Fsp3) is 0.200. The van der Waals surface area contributed by atoms with E-state index >= 15 is 0 Å². The number of primary sulfonamides is 1. The number of rotatable bonds is 3. The summed E-state index contributed by atoms with van der Waals surface area (Å²) in [6, 6.07) is 7.71. The predicted octanol–water partition coefficient (Wildman–Crippen LogP) is 3.22. The van der Waals surface area contributed by atoms with Crippen LogP contribution in [0.5, 0.6) is 0 Å². The highest BCUT2D eigenvalue weighted by atomic mass is 79.9. The number of sulfonamides is 1. The second-order valence-electron chi connectivity index (χ2n) is 5.58. The molecule has 0 fully saturated rings. The number of nitrogens with zero attached hydrogens (tertiary/aromatic N) is 2. The minimum atomic E-state index is -4.22. The van der Waals surface area contributed by atoms with E-state index in [9.17, 15) is 18.5 Å². The molecule has 0 radical (unpaired) electrons. The second-order valence-corrected chi connectivity index (χ2v) is 8.38. The molecule has 10 heteroatoms. The highest BCUT2D eigenvalue weighted by molar-refractivity contribution is 9.10. The zero-order valence-electron chi connectivity index (χ0n) is 12.8. The van der Waals surface area contributed by atoms with E-state index in [4.69, 9.17) is 16.7 Å². The Labute approximate surface area is 157 Å². The number of benzene rings is 2. The Balaban J connectivity index is 2.13. The number of anilines is 1. The van der Waals surface area contributed by atoms with Gasteiger partial charge in [0.15, 0.2) is 4.90 Å². The quantitative estimate of drug-likeness (QED) is 0.575. The molecule has 1 aliphatic rings. The number of nitrogens with two attached hydrogens (primary N) is 1. The van der Waals surface area contributed by atoms with Gasteiger partial charge in [0, 0.05) is 22.6 Å². The van der Waals surface area contributed by atoms with Crippen LogP contribution in [0.2, 0.25) is 5.02 Å². The standard InChI is InChI=1S/C15H13BrClN3O4S/c16-11-4-5-12(17)10-8-19(7-6-9(10)11)13-2-1-3-14(25(18,23)24)15(13)20(21)22/h1-5H,6-8H2,(H2,18,23,24). The van der Waals surface area contributed by atoms with Gasteiger partial charge in [0.2, 0.25) is 10.0 Å². The summed E-state index contributed by atoms with van der Waals surface area (Å²) < 4.78 is 24.4. The molecule has 0 bridgehead atoms. The van der Waals surface area contributed by atoms with Crippen molar-refractivity contribution in [1.82, 2.24) is 0 Å². The Hall–Kier alpha value is -1.68. The van der Waals surface area contributed by atoms with Gasteiger partial charge in [-0.15, -0.1) is 0 Å². The number of fused-ring (bicyclic) bond motifs is 1. The van der Waals surface area contributed by atoms with Crippen molar-refractivity contribution in [3.8, 4) is 0 Å². The minimum Gasteiger partial charge on any atom is -0.361 e. The van der Waals surface area contributed by atoms with Gasteiger partial charge in [-0.2, -0.15) is 0 Å². The van der Waals surface area contributed by atoms with Gasteiger partial charge < -0.3 is 4.90 Å². The van der Waals surface area contributed by atoms with Gasteiger partial charge in [-0.05, 0) is 41.8 Å². The lowest BCUT2D eigenvalue weighted by atomic mass is 9.99. The molecule has 1 aliphatic heterocycles. The van der Waals surface area contributed by atoms with E-state index in [1.54, 1.807) is 11.0 Å². The van der Waals surface area contributed by atoms with Crippen LogP contribution in [0.25, 0.3) is 0 Å². The third kappa shape index (κ3) is 3.37. The van der Waals surface area contributed by atoms with Crippen molar-refractivity contribution < 1.29 is 13.3 Å². The van der Waals surface area contributed by atoms with E-state index in [1.807, 2.05) is 6.07 Å². The van der Waals surface area contributed by atoms with Crippen LogP contribution >= 0.6 is 27.5 Å². The lowest BCUT2D eigenvalue weighted by Crippen LogP contribution is -2.31. The molecule has 7 nitrogen and oxygen atoms in total. The highest BCUT2D eigenvalue weighted by Gasteiger charge is 2.31. The number of para-hydroxylation sites is 1. The molecule has 0 amide bonds. The third-order valence-electron chi connectivity index (χ3n) is 4.11. The Morgan fingerprint density at radius 2 is 1.96 bits per heavy atom. The van der Waals surface area contributed by atoms with E-state index in [-0.39, 0.29) is 5.69 Å². The van der Waals surface area contributed by atoms with Gasteiger partial charge in [0.1, 0.15) is 5.69 Å².